The number of aromatic nitrogens is 2. The number of amides is 5. The van der Waals surface area contributed by atoms with Crippen molar-refractivity contribution in [3.05, 3.63) is 59.3 Å². The van der Waals surface area contributed by atoms with Crippen LogP contribution in [0.15, 0.2) is 42.6 Å². The van der Waals surface area contributed by atoms with Crippen LogP contribution >= 0.6 is 0 Å². The van der Waals surface area contributed by atoms with Crippen molar-refractivity contribution in [3.8, 4) is 0 Å². The van der Waals surface area contributed by atoms with Crippen molar-refractivity contribution in [2.45, 2.75) is 63.7 Å². The number of hydrogen-bond acceptors (Lipinski definition) is 5. The number of para-hydroxylation sites is 1. The van der Waals surface area contributed by atoms with E-state index in [4.69, 9.17) is 0 Å². The van der Waals surface area contributed by atoms with Crippen LogP contribution in [0.3, 0.4) is 0 Å². The fraction of sp³-hybridized carbons (Fsp3) is 0.500. The van der Waals surface area contributed by atoms with Gasteiger partial charge in [0.2, 0.25) is 5.91 Å². The van der Waals surface area contributed by atoms with Crippen LogP contribution in [0.1, 0.15) is 48.8 Å². The second kappa shape index (κ2) is 11.9. The van der Waals surface area contributed by atoms with Crippen LogP contribution in [0.25, 0.3) is 10.9 Å². The Balaban J connectivity index is 1.03. The number of nitrogens with zero attached hydrogens (tertiary/aromatic N) is 5. The van der Waals surface area contributed by atoms with E-state index in [1.54, 1.807) is 4.90 Å². The lowest BCUT2D eigenvalue weighted by atomic mass is 9.98. The quantitative estimate of drug-likeness (QED) is 0.424. The minimum Gasteiger partial charge on any atom is -0.335 e. The standard InChI is InChI=1S/C32H40N8O3/c41-30-29(35-31(42)38-14-10-24(11-15-38)40-20-23-6-2-3-7-27(23)34-32(40)43)18-22-8-9-28-25(19-33-36-28)26(22)21-39(30)17-16-37-12-4-1-5-13-37/h2-3,6-9,19,24,29H,1,4-5,10-18,20-21H2,(H,33,36)(H,34,43)(H,35,42)/t29-/m1/s1. The number of carbonyl (C=O) groups excluding carboxylic acids is 3. The van der Waals surface area contributed by atoms with Crippen LogP contribution in [-0.2, 0) is 24.3 Å². The van der Waals surface area contributed by atoms with E-state index in [0.717, 1.165) is 52.9 Å². The molecular formula is C32H40N8O3. The van der Waals surface area contributed by atoms with E-state index in [1.807, 2.05) is 46.3 Å². The van der Waals surface area contributed by atoms with E-state index in [0.29, 0.717) is 52.0 Å². The molecule has 0 unspecified atom stereocenters. The smallest absolute Gasteiger partial charge is 0.322 e. The lowest BCUT2D eigenvalue weighted by Crippen LogP contribution is -2.56. The third kappa shape index (κ3) is 5.65. The SMILES string of the molecule is O=C(N[C@@H]1Cc2ccc3[nH]ncc3c2CN(CCN2CCCCC2)C1=O)N1CCC(N2Cc3ccccc3NC2=O)CC1. The van der Waals surface area contributed by atoms with Crippen LogP contribution in [0, 0.1) is 0 Å². The molecule has 0 radical (unpaired) electrons. The third-order valence-corrected chi connectivity index (χ3v) is 9.70. The van der Waals surface area contributed by atoms with Crippen LogP contribution in [0.5, 0.6) is 0 Å². The summed E-state index contributed by atoms with van der Waals surface area (Å²) < 4.78 is 0. The van der Waals surface area contributed by atoms with Crippen molar-refractivity contribution in [2.24, 2.45) is 0 Å². The van der Waals surface area contributed by atoms with Crippen LogP contribution in [-0.4, -0.2) is 99.1 Å². The summed E-state index contributed by atoms with van der Waals surface area (Å²) in [5.74, 6) is -0.0308. The van der Waals surface area contributed by atoms with E-state index < -0.39 is 6.04 Å². The van der Waals surface area contributed by atoms with Gasteiger partial charge >= 0.3 is 12.1 Å². The van der Waals surface area contributed by atoms with Crippen molar-refractivity contribution in [1.82, 2.24) is 35.1 Å². The Labute approximate surface area is 251 Å². The molecule has 3 aromatic rings. The first-order valence-electron chi connectivity index (χ1n) is 15.7. The molecule has 5 amide bonds. The van der Waals surface area contributed by atoms with E-state index >= 15 is 0 Å². The van der Waals surface area contributed by atoms with Gasteiger partial charge in [-0.25, -0.2) is 9.59 Å². The molecule has 226 valence electrons. The highest BCUT2D eigenvalue weighted by atomic mass is 16.2. The van der Waals surface area contributed by atoms with Gasteiger partial charge in [-0.3, -0.25) is 9.89 Å². The summed E-state index contributed by atoms with van der Waals surface area (Å²) in [4.78, 5) is 48.4. The van der Waals surface area contributed by atoms with Gasteiger partial charge < -0.3 is 30.2 Å². The number of likely N-dealkylation sites (tertiary alicyclic amines) is 2. The molecule has 4 aliphatic rings. The number of fused-ring (bicyclic) bond motifs is 4. The minimum atomic E-state index is -0.637. The van der Waals surface area contributed by atoms with Crippen molar-refractivity contribution in [1.29, 1.82) is 0 Å². The maximum Gasteiger partial charge on any atom is 0.322 e. The highest BCUT2D eigenvalue weighted by Crippen LogP contribution is 2.29. The molecule has 2 fully saturated rings. The second-order valence-electron chi connectivity index (χ2n) is 12.3. The van der Waals surface area contributed by atoms with Crippen LogP contribution < -0.4 is 10.6 Å². The normalized spacial score (nSPS) is 21.8. The van der Waals surface area contributed by atoms with Gasteiger partial charge in [0.05, 0.1) is 11.7 Å². The van der Waals surface area contributed by atoms with Gasteiger partial charge in [0.15, 0.2) is 0 Å². The molecule has 0 bridgehead atoms. The molecule has 4 aliphatic heterocycles. The number of rotatable bonds is 5. The van der Waals surface area contributed by atoms with Crippen LogP contribution in [0.4, 0.5) is 15.3 Å². The number of anilines is 1. The van der Waals surface area contributed by atoms with Gasteiger partial charge in [0, 0.05) is 62.8 Å². The Morgan fingerprint density at radius 3 is 2.58 bits per heavy atom. The number of carbonyl (C=O) groups is 3. The Morgan fingerprint density at radius 1 is 0.930 bits per heavy atom. The van der Waals surface area contributed by atoms with Crippen molar-refractivity contribution >= 4 is 34.6 Å². The maximum atomic E-state index is 14.0. The zero-order valence-corrected chi connectivity index (χ0v) is 24.6. The average molecular weight is 585 g/mol. The molecule has 0 saturated carbocycles. The Morgan fingerprint density at radius 2 is 1.74 bits per heavy atom. The average Bonchev–Trinajstić information content (AvgIpc) is 3.48. The first kappa shape index (κ1) is 27.7. The Bertz CT molecular complexity index is 1510. The van der Waals surface area contributed by atoms with Crippen molar-refractivity contribution in [2.75, 3.05) is 44.6 Å². The molecule has 5 heterocycles. The van der Waals surface area contributed by atoms with Crippen LogP contribution in [0.2, 0.25) is 0 Å². The first-order valence-corrected chi connectivity index (χ1v) is 15.7. The lowest BCUT2D eigenvalue weighted by Gasteiger charge is -2.40. The summed E-state index contributed by atoms with van der Waals surface area (Å²) in [6.07, 6.45) is 7.37. The van der Waals surface area contributed by atoms with E-state index in [2.05, 4.69) is 31.8 Å². The molecule has 0 aliphatic carbocycles. The fourth-order valence-corrected chi connectivity index (χ4v) is 7.18. The molecule has 0 spiro atoms. The number of hydrogen-bond donors (Lipinski definition) is 3. The Hall–Kier alpha value is -4.12. The zero-order valence-electron chi connectivity index (χ0n) is 24.6. The summed E-state index contributed by atoms with van der Waals surface area (Å²) in [6, 6.07) is 11.1. The molecule has 11 heteroatoms. The van der Waals surface area contributed by atoms with Gasteiger partial charge in [-0.1, -0.05) is 30.7 Å². The molecule has 43 heavy (non-hydrogen) atoms. The zero-order chi connectivity index (χ0) is 29.3. The summed E-state index contributed by atoms with van der Waals surface area (Å²) >= 11 is 0. The summed E-state index contributed by atoms with van der Waals surface area (Å²) in [7, 11) is 0. The number of benzene rings is 2. The largest absolute Gasteiger partial charge is 0.335 e. The Kier molecular flexibility index (Phi) is 7.65. The maximum absolute atomic E-state index is 14.0. The van der Waals surface area contributed by atoms with Crippen molar-refractivity contribution < 1.29 is 14.4 Å². The molecule has 1 atom stereocenters. The third-order valence-electron chi connectivity index (χ3n) is 9.70. The van der Waals surface area contributed by atoms with Gasteiger partial charge in [0.25, 0.3) is 0 Å². The number of aromatic amines is 1. The molecule has 11 nitrogen and oxygen atoms in total. The summed E-state index contributed by atoms with van der Waals surface area (Å²) in [6.45, 7) is 5.78. The van der Waals surface area contributed by atoms with E-state index in [9.17, 15) is 14.4 Å². The molecule has 2 saturated heterocycles. The number of urea groups is 2. The molecule has 7 rings (SSSR count). The monoisotopic (exact) mass is 584 g/mol. The van der Waals surface area contributed by atoms with E-state index in [1.165, 1.54) is 19.3 Å². The van der Waals surface area contributed by atoms with E-state index in [-0.39, 0.29) is 24.0 Å². The minimum absolute atomic E-state index is 0.0308. The van der Waals surface area contributed by atoms with Gasteiger partial charge in [0.1, 0.15) is 6.04 Å². The molecular weight excluding hydrogens is 544 g/mol. The summed E-state index contributed by atoms with van der Waals surface area (Å²) in [5.41, 5.74) is 5.11. The number of H-pyrrole nitrogens is 1. The lowest BCUT2D eigenvalue weighted by molar-refractivity contribution is -0.133. The highest BCUT2D eigenvalue weighted by Gasteiger charge is 2.36. The predicted octanol–water partition coefficient (Wildman–Crippen LogP) is 3.52. The fourth-order valence-electron chi connectivity index (χ4n) is 7.18. The molecule has 1 aromatic heterocycles. The van der Waals surface area contributed by atoms with Crippen molar-refractivity contribution in [3.63, 3.8) is 0 Å². The second-order valence-corrected chi connectivity index (χ2v) is 12.3. The highest BCUT2D eigenvalue weighted by molar-refractivity contribution is 5.93. The van der Waals surface area contributed by atoms with Gasteiger partial charge in [-0.05, 0) is 67.6 Å². The first-order chi connectivity index (χ1) is 21.0. The topological polar surface area (TPSA) is 117 Å². The predicted molar refractivity (Wildman–Crippen MR) is 163 cm³/mol. The van der Waals surface area contributed by atoms with Gasteiger partial charge in [-0.15, -0.1) is 0 Å². The molecule has 2 aromatic carbocycles. The molecule has 3 N–H and O–H groups in total. The number of nitrogens with one attached hydrogen (secondary N) is 3. The number of piperidine rings is 2. The van der Waals surface area contributed by atoms with Gasteiger partial charge in [-0.2, -0.15) is 5.10 Å². The summed E-state index contributed by atoms with van der Waals surface area (Å²) in [5, 5.41) is 14.4.